The minimum Gasteiger partial charge on any atom is -0.453 e. The summed E-state index contributed by atoms with van der Waals surface area (Å²) < 4.78 is 35.4. The summed E-state index contributed by atoms with van der Waals surface area (Å²) in [5.41, 5.74) is 6.71. The van der Waals surface area contributed by atoms with Gasteiger partial charge in [0.1, 0.15) is 23.7 Å². The average Bonchev–Trinajstić information content (AvgIpc) is 4.19. The first-order chi connectivity index (χ1) is 32.2. The van der Waals surface area contributed by atoms with Crippen LogP contribution in [0.1, 0.15) is 98.2 Å². The van der Waals surface area contributed by atoms with Gasteiger partial charge in [0, 0.05) is 60.4 Å². The Morgan fingerprint density at radius 3 is 1.88 bits per heavy atom. The maximum atomic E-state index is 14.4. The van der Waals surface area contributed by atoms with Crippen LogP contribution in [0.25, 0.3) is 21.9 Å². The molecule has 17 heteroatoms. The van der Waals surface area contributed by atoms with Gasteiger partial charge in [-0.3, -0.25) is 9.59 Å². The Morgan fingerprint density at radius 2 is 1.27 bits per heavy atom. The van der Waals surface area contributed by atoms with Crippen molar-refractivity contribution in [3.05, 3.63) is 95.2 Å². The number of carbonyl (C=O) groups is 4. The number of anilines is 1. The summed E-state index contributed by atoms with van der Waals surface area (Å²) in [6.45, 7) is 3.03. The largest absolute Gasteiger partial charge is 0.453 e. The van der Waals surface area contributed by atoms with Gasteiger partial charge in [0.05, 0.1) is 62.6 Å². The molecular weight excluding hydrogens is 848 g/mol. The number of nitrogens with zero attached hydrogens (tertiary/aromatic N) is 4. The van der Waals surface area contributed by atoms with E-state index in [1.807, 2.05) is 28.0 Å². The summed E-state index contributed by atoms with van der Waals surface area (Å²) >= 11 is 0. The van der Waals surface area contributed by atoms with E-state index in [2.05, 4.69) is 61.9 Å². The number of hydrogen-bond donors (Lipinski definition) is 4. The van der Waals surface area contributed by atoms with Crippen molar-refractivity contribution < 1.29 is 42.5 Å². The van der Waals surface area contributed by atoms with Crippen LogP contribution in [-0.4, -0.2) is 115 Å². The van der Waals surface area contributed by atoms with Crippen molar-refractivity contribution in [2.45, 2.75) is 87.6 Å². The van der Waals surface area contributed by atoms with Crippen molar-refractivity contribution in [3.63, 3.8) is 0 Å². The molecule has 3 aromatic carbocycles. The van der Waals surface area contributed by atoms with E-state index in [0.717, 1.165) is 83.0 Å². The fourth-order valence-corrected chi connectivity index (χ4v) is 11.2. The van der Waals surface area contributed by atoms with E-state index >= 15 is 0 Å². The van der Waals surface area contributed by atoms with E-state index in [1.165, 1.54) is 26.4 Å². The van der Waals surface area contributed by atoms with Gasteiger partial charge in [-0.15, -0.1) is 0 Å². The molecule has 66 heavy (non-hydrogen) atoms. The Kier molecular flexibility index (Phi) is 12.3. The Bertz CT molecular complexity index is 2430. The summed E-state index contributed by atoms with van der Waals surface area (Å²) in [6.07, 6.45) is 4.97. The molecule has 0 bridgehead atoms. The molecule has 348 valence electrons. The van der Waals surface area contributed by atoms with Crippen molar-refractivity contribution in [1.82, 2.24) is 35.4 Å². The normalized spacial score (nSPS) is 25.2. The van der Waals surface area contributed by atoms with Gasteiger partial charge in [-0.2, -0.15) is 0 Å². The van der Waals surface area contributed by atoms with Gasteiger partial charge >= 0.3 is 12.2 Å². The van der Waals surface area contributed by atoms with E-state index in [4.69, 9.17) is 23.9 Å². The maximum absolute atomic E-state index is 14.4. The maximum Gasteiger partial charge on any atom is 0.407 e. The Hall–Kier alpha value is -6.20. The van der Waals surface area contributed by atoms with Gasteiger partial charge in [-0.05, 0) is 117 Å². The zero-order valence-corrected chi connectivity index (χ0v) is 37.3. The number of imidazole rings is 1. The van der Waals surface area contributed by atoms with E-state index in [1.54, 1.807) is 0 Å². The highest BCUT2D eigenvalue weighted by molar-refractivity contribution is 5.88. The van der Waals surface area contributed by atoms with Crippen LogP contribution in [0.2, 0.25) is 0 Å². The third-order valence-corrected chi connectivity index (χ3v) is 14.5. The fraction of sp³-hybridized carbons (Fsp3) is 0.490. The van der Waals surface area contributed by atoms with Crippen LogP contribution in [0, 0.1) is 17.7 Å². The SMILES string of the molecule is COC(=O)N[C@H](C(=O)N1CCC[C@H]1c1cc2cc([C@H]3CC[C@H](c4ccc5nc([C@@H]6CCCN6C(=O)[C@@H](NC(=O)OC)C6CCOC6)[nH]c5c4)N3c3ccc(F)cc3)ccc2[nH]1)C1CCOC1. The number of aromatic amines is 2. The van der Waals surface area contributed by atoms with Gasteiger partial charge in [0.15, 0.2) is 0 Å². The zero-order chi connectivity index (χ0) is 45.5. The lowest BCUT2D eigenvalue weighted by Gasteiger charge is -2.33. The fourth-order valence-electron chi connectivity index (χ4n) is 11.2. The van der Waals surface area contributed by atoms with Crippen LogP contribution < -0.4 is 15.5 Å². The molecule has 2 unspecified atom stereocenters. The molecule has 5 saturated heterocycles. The molecule has 4 amide bonds. The zero-order valence-electron chi connectivity index (χ0n) is 37.3. The highest BCUT2D eigenvalue weighted by Crippen LogP contribution is 2.48. The van der Waals surface area contributed by atoms with E-state index in [0.29, 0.717) is 58.2 Å². The number of halogens is 1. The molecule has 8 atom stereocenters. The number of benzene rings is 3. The Balaban J connectivity index is 0.907. The van der Waals surface area contributed by atoms with Crippen LogP contribution >= 0.6 is 0 Å². The highest BCUT2D eigenvalue weighted by Gasteiger charge is 2.43. The molecular formula is C49H57FN8O8. The summed E-state index contributed by atoms with van der Waals surface area (Å²) in [6, 6.07) is 19.6. The lowest BCUT2D eigenvalue weighted by molar-refractivity contribution is -0.136. The van der Waals surface area contributed by atoms with Gasteiger partial charge in [0.25, 0.3) is 0 Å². The number of ether oxygens (including phenoxy) is 4. The standard InChI is InChI=1S/C49H57FN8O8/c1-63-48(61)54-43(30-17-21-65-26-30)46(59)56-19-3-5-41(56)38-25-32-23-28(7-13-35(32)51-38)39-15-16-40(58(39)34-11-9-33(50)10-12-34)29-8-14-36-37(24-29)53-45(52-36)42-6-4-20-57(42)47(60)44(55-49(62)64-2)31-18-22-66-27-31/h7-14,23-25,30-31,39-44,51H,3-6,15-22,26-27H2,1-2H3,(H,52,53)(H,54,61)(H,55,62)/t30?,31?,39-,40-,41+,42+,43+,44+/m1/s1. The van der Waals surface area contributed by atoms with Crippen molar-refractivity contribution >= 4 is 51.6 Å². The van der Waals surface area contributed by atoms with Gasteiger partial charge in [-0.1, -0.05) is 12.1 Å². The molecule has 0 aliphatic carbocycles. The molecule has 5 aliphatic heterocycles. The molecule has 10 rings (SSSR count). The number of carbonyl (C=O) groups excluding carboxylic acids is 4. The third-order valence-electron chi connectivity index (χ3n) is 14.5. The summed E-state index contributed by atoms with van der Waals surface area (Å²) in [4.78, 5) is 71.2. The van der Waals surface area contributed by atoms with Gasteiger partial charge in [-0.25, -0.2) is 19.0 Å². The Labute approximate surface area is 381 Å². The molecule has 4 N–H and O–H groups in total. The minimum absolute atomic E-state index is 0.0190. The van der Waals surface area contributed by atoms with Crippen molar-refractivity contribution in [1.29, 1.82) is 0 Å². The van der Waals surface area contributed by atoms with Crippen LogP contribution in [0.3, 0.4) is 0 Å². The molecule has 2 aromatic heterocycles. The molecule has 0 radical (unpaired) electrons. The second kappa shape index (κ2) is 18.6. The van der Waals surface area contributed by atoms with Crippen LogP contribution in [0.4, 0.5) is 19.7 Å². The molecule has 5 aliphatic rings. The van der Waals surface area contributed by atoms with E-state index in [9.17, 15) is 23.6 Å². The molecule has 5 aromatic rings. The predicted octanol–water partition coefficient (Wildman–Crippen LogP) is 7.12. The predicted molar refractivity (Wildman–Crippen MR) is 242 cm³/mol. The van der Waals surface area contributed by atoms with Crippen LogP contribution in [0.5, 0.6) is 0 Å². The monoisotopic (exact) mass is 904 g/mol. The first-order valence-corrected chi connectivity index (χ1v) is 23.3. The van der Waals surface area contributed by atoms with Gasteiger partial charge in [0.2, 0.25) is 11.8 Å². The first kappa shape index (κ1) is 43.7. The number of H-pyrrole nitrogens is 2. The first-order valence-electron chi connectivity index (χ1n) is 23.3. The van der Waals surface area contributed by atoms with Crippen molar-refractivity contribution in [3.8, 4) is 0 Å². The number of methoxy groups -OCH3 is 2. The Morgan fingerprint density at radius 1 is 0.682 bits per heavy atom. The number of hydrogen-bond acceptors (Lipinski definition) is 10. The number of fused-ring (bicyclic) bond motifs is 2. The topological polar surface area (TPSA) is 183 Å². The molecule has 5 fully saturated rings. The van der Waals surface area contributed by atoms with E-state index in [-0.39, 0.29) is 53.6 Å². The third kappa shape index (κ3) is 8.42. The summed E-state index contributed by atoms with van der Waals surface area (Å²) in [5, 5.41) is 6.62. The molecule has 7 heterocycles. The molecule has 0 saturated carbocycles. The number of amides is 4. The number of likely N-dealkylation sites (tertiary alicyclic amines) is 2. The van der Waals surface area contributed by atoms with Gasteiger partial charge < -0.3 is 54.2 Å². The second-order valence-electron chi connectivity index (χ2n) is 18.3. The van der Waals surface area contributed by atoms with Crippen molar-refractivity contribution in [2.75, 3.05) is 58.6 Å². The minimum atomic E-state index is -0.758. The lowest BCUT2D eigenvalue weighted by Crippen LogP contribution is -2.52. The van der Waals surface area contributed by atoms with Crippen LogP contribution in [-0.2, 0) is 28.5 Å². The second-order valence-corrected chi connectivity index (χ2v) is 18.3. The quantitative estimate of drug-likeness (QED) is 0.107. The van der Waals surface area contributed by atoms with Crippen LogP contribution in [0.15, 0.2) is 66.7 Å². The average molecular weight is 905 g/mol. The van der Waals surface area contributed by atoms with Crippen molar-refractivity contribution in [2.24, 2.45) is 11.8 Å². The molecule has 16 nitrogen and oxygen atoms in total. The summed E-state index contributed by atoms with van der Waals surface area (Å²) in [7, 11) is 2.59. The molecule has 0 spiro atoms. The lowest BCUT2D eigenvalue weighted by atomic mass is 9.97. The number of rotatable bonds is 11. The summed E-state index contributed by atoms with van der Waals surface area (Å²) in [5.74, 6) is -0.157. The number of alkyl carbamates (subject to hydrolysis) is 2. The number of aromatic nitrogens is 3. The number of nitrogens with one attached hydrogen (secondary N) is 4. The smallest absolute Gasteiger partial charge is 0.407 e. The van der Waals surface area contributed by atoms with E-state index < -0.39 is 24.3 Å². The highest BCUT2D eigenvalue weighted by atomic mass is 19.1.